The molecule has 2 nitrogen and oxygen atoms in total. The topological polar surface area (TPSA) is 22.0 Å². The number of hydrogen-bond donors (Lipinski definition) is 0. The van der Waals surface area contributed by atoms with Gasteiger partial charge in [-0.1, -0.05) is 38.0 Å². The third kappa shape index (κ3) is 2.16. The minimum absolute atomic E-state index is 0.106. The molecule has 0 unspecified atom stereocenters. The number of rotatable bonds is 4. The van der Waals surface area contributed by atoms with E-state index in [1.165, 1.54) is 12.8 Å². The summed E-state index contributed by atoms with van der Waals surface area (Å²) < 4.78 is 1.88. The largest absolute Gasteiger partial charge is 0.308 e. The molecule has 84 valence electrons. The van der Waals surface area contributed by atoms with Gasteiger partial charge in [0.1, 0.15) is 0 Å². The van der Waals surface area contributed by atoms with E-state index in [0.29, 0.717) is 0 Å². The number of hydrogen-bond acceptors (Lipinski definition) is 1. The van der Waals surface area contributed by atoms with Crippen LogP contribution in [0.2, 0.25) is 0 Å². The molecule has 0 amide bonds. The number of aryl methyl sites for hydroxylation is 1. The normalized spacial score (nSPS) is 10.8. The zero-order valence-corrected chi connectivity index (χ0v) is 9.65. The van der Waals surface area contributed by atoms with Crippen LogP contribution in [0.25, 0.3) is 10.9 Å². The van der Waals surface area contributed by atoms with E-state index < -0.39 is 0 Å². The molecule has 0 aliphatic rings. The molecule has 2 aromatic rings. The minimum Gasteiger partial charge on any atom is -0.308 e. The molecule has 0 fully saturated rings. The number of nitrogens with zero attached hydrogens (tertiary/aromatic N) is 1. The van der Waals surface area contributed by atoms with Crippen LogP contribution in [0.5, 0.6) is 0 Å². The number of aromatic nitrogens is 1. The van der Waals surface area contributed by atoms with Crippen molar-refractivity contribution >= 4 is 10.9 Å². The van der Waals surface area contributed by atoms with E-state index in [1.54, 1.807) is 6.07 Å². The second kappa shape index (κ2) is 4.97. The highest BCUT2D eigenvalue weighted by Gasteiger charge is 2.01. The lowest BCUT2D eigenvalue weighted by molar-refractivity contribution is 0.602. The average Bonchev–Trinajstić information content (AvgIpc) is 2.32. The second-order valence-electron chi connectivity index (χ2n) is 4.09. The molecule has 1 aromatic carbocycles. The van der Waals surface area contributed by atoms with Crippen molar-refractivity contribution in [1.29, 1.82) is 0 Å². The molecule has 2 heteroatoms. The third-order valence-corrected chi connectivity index (χ3v) is 2.88. The molecular weight excluding hydrogens is 198 g/mol. The Morgan fingerprint density at radius 1 is 1.06 bits per heavy atom. The van der Waals surface area contributed by atoms with Gasteiger partial charge < -0.3 is 4.57 Å². The number of benzene rings is 1. The molecule has 0 N–H and O–H groups in total. The third-order valence-electron chi connectivity index (χ3n) is 2.88. The smallest absolute Gasteiger partial charge is 0.251 e. The fourth-order valence-electron chi connectivity index (χ4n) is 1.99. The maximum atomic E-state index is 11.8. The van der Waals surface area contributed by atoms with Crippen LogP contribution >= 0.6 is 0 Å². The average molecular weight is 215 g/mol. The van der Waals surface area contributed by atoms with Gasteiger partial charge in [-0.3, -0.25) is 4.79 Å². The SMILES string of the molecule is CCCCCn1c(=O)ccc2ccccc21. The Morgan fingerprint density at radius 3 is 2.69 bits per heavy atom. The zero-order valence-electron chi connectivity index (χ0n) is 9.65. The Balaban J connectivity index is 2.41. The molecule has 0 atom stereocenters. The zero-order chi connectivity index (χ0) is 11.4. The Bertz CT molecular complexity index is 527. The first-order valence-electron chi connectivity index (χ1n) is 5.91. The summed E-state index contributed by atoms with van der Waals surface area (Å²) >= 11 is 0. The van der Waals surface area contributed by atoms with Crippen LogP contribution in [0, 0.1) is 0 Å². The van der Waals surface area contributed by atoms with Crippen molar-refractivity contribution in [2.24, 2.45) is 0 Å². The van der Waals surface area contributed by atoms with Crippen molar-refractivity contribution in [3.63, 3.8) is 0 Å². The summed E-state index contributed by atoms with van der Waals surface area (Å²) in [5.41, 5.74) is 1.15. The van der Waals surface area contributed by atoms with Crippen LogP contribution < -0.4 is 5.56 Å². The summed E-state index contributed by atoms with van der Waals surface area (Å²) in [6.45, 7) is 3.00. The second-order valence-corrected chi connectivity index (χ2v) is 4.09. The van der Waals surface area contributed by atoms with Gasteiger partial charge in [0.2, 0.25) is 0 Å². The lowest BCUT2D eigenvalue weighted by atomic mass is 10.2. The molecule has 1 heterocycles. The monoisotopic (exact) mass is 215 g/mol. The van der Waals surface area contributed by atoms with Gasteiger partial charge in [-0.15, -0.1) is 0 Å². The molecule has 0 radical (unpaired) electrons. The Morgan fingerprint density at radius 2 is 1.88 bits per heavy atom. The van der Waals surface area contributed by atoms with Crippen molar-refractivity contribution in [1.82, 2.24) is 4.57 Å². The quantitative estimate of drug-likeness (QED) is 0.718. The van der Waals surface area contributed by atoms with Crippen molar-refractivity contribution in [3.8, 4) is 0 Å². The van der Waals surface area contributed by atoms with Gasteiger partial charge in [0.25, 0.3) is 5.56 Å². The summed E-state index contributed by atoms with van der Waals surface area (Å²) in [6.07, 6.45) is 3.43. The van der Waals surface area contributed by atoms with E-state index >= 15 is 0 Å². The van der Waals surface area contributed by atoms with Crippen molar-refractivity contribution in [3.05, 3.63) is 46.8 Å². The standard InChI is InChI=1S/C14H17NO/c1-2-3-6-11-15-13-8-5-4-7-12(13)9-10-14(15)16/h4-5,7-10H,2-3,6,11H2,1H3. The maximum absolute atomic E-state index is 11.8. The fourth-order valence-corrected chi connectivity index (χ4v) is 1.99. The predicted molar refractivity (Wildman–Crippen MR) is 67.7 cm³/mol. The molecular formula is C14H17NO. The van der Waals surface area contributed by atoms with Gasteiger partial charge in [-0.05, 0) is 23.9 Å². The van der Waals surface area contributed by atoms with Crippen molar-refractivity contribution < 1.29 is 0 Å². The van der Waals surface area contributed by atoms with Gasteiger partial charge in [-0.25, -0.2) is 0 Å². The van der Waals surface area contributed by atoms with Crippen LogP contribution in [0.4, 0.5) is 0 Å². The first-order valence-corrected chi connectivity index (χ1v) is 5.91. The highest BCUT2D eigenvalue weighted by molar-refractivity contribution is 5.78. The first-order chi connectivity index (χ1) is 7.83. The van der Waals surface area contributed by atoms with Gasteiger partial charge in [0.05, 0.1) is 5.52 Å². The van der Waals surface area contributed by atoms with Gasteiger partial charge in [0, 0.05) is 12.6 Å². The van der Waals surface area contributed by atoms with Crippen LogP contribution in [0.3, 0.4) is 0 Å². The molecule has 0 aliphatic heterocycles. The van der Waals surface area contributed by atoms with E-state index in [2.05, 4.69) is 6.92 Å². The Labute approximate surface area is 95.5 Å². The van der Waals surface area contributed by atoms with Gasteiger partial charge in [-0.2, -0.15) is 0 Å². The summed E-state index contributed by atoms with van der Waals surface area (Å²) in [7, 11) is 0. The number of para-hydroxylation sites is 1. The molecule has 0 spiro atoms. The molecule has 16 heavy (non-hydrogen) atoms. The van der Waals surface area contributed by atoms with Crippen LogP contribution in [-0.4, -0.2) is 4.57 Å². The van der Waals surface area contributed by atoms with Crippen LogP contribution in [-0.2, 0) is 6.54 Å². The Kier molecular flexibility index (Phi) is 3.40. The van der Waals surface area contributed by atoms with E-state index in [-0.39, 0.29) is 5.56 Å². The highest BCUT2D eigenvalue weighted by Crippen LogP contribution is 2.11. The van der Waals surface area contributed by atoms with Crippen molar-refractivity contribution in [2.45, 2.75) is 32.7 Å². The van der Waals surface area contributed by atoms with Crippen LogP contribution in [0.15, 0.2) is 41.2 Å². The number of unbranched alkanes of at least 4 members (excludes halogenated alkanes) is 2. The molecule has 0 aliphatic carbocycles. The molecule has 1 aromatic heterocycles. The number of pyridine rings is 1. The Hall–Kier alpha value is -1.57. The fraction of sp³-hybridized carbons (Fsp3) is 0.357. The summed E-state index contributed by atoms with van der Waals surface area (Å²) in [5, 5.41) is 1.14. The van der Waals surface area contributed by atoms with Gasteiger partial charge in [0.15, 0.2) is 0 Å². The first kappa shape index (κ1) is 10.9. The van der Waals surface area contributed by atoms with E-state index in [4.69, 9.17) is 0 Å². The summed E-state index contributed by atoms with van der Waals surface area (Å²) in [5.74, 6) is 0. The lowest BCUT2D eigenvalue weighted by Gasteiger charge is -2.09. The number of fused-ring (bicyclic) bond motifs is 1. The summed E-state index contributed by atoms with van der Waals surface area (Å²) in [6, 6.07) is 11.6. The van der Waals surface area contributed by atoms with Crippen molar-refractivity contribution in [2.75, 3.05) is 0 Å². The van der Waals surface area contributed by atoms with E-state index in [0.717, 1.165) is 23.9 Å². The summed E-state index contributed by atoms with van der Waals surface area (Å²) in [4.78, 5) is 11.8. The van der Waals surface area contributed by atoms with E-state index in [1.807, 2.05) is 34.9 Å². The maximum Gasteiger partial charge on any atom is 0.251 e. The highest BCUT2D eigenvalue weighted by atomic mass is 16.1. The molecule has 0 saturated heterocycles. The lowest BCUT2D eigenvalue weighted by Crippen LogP contribution is -2.19. The van der Waals surface area contributed by atoms with Gasteiger partial charge >= 0.3 is 0 Å². The molecule has 0 saturated carbocycles. The molecule has 2 rings (SSSR count). The van der Waals surface area contributed by atoms with Crippen LogP contribution in [0.1, 0.15) is 26.2 Å². The van der Waals surface area contributed by atoms with E-state index in [9.17, 15) is 4.79 Å². The minimum atomic E-state index is 0.106. The molecule has 0 bridgehead atoms. The predicted octanol–water partition coefficient (Wildman–Crippen LogP) is 3.19.